The monoisotopic (exact) mass is 361 g/mol. The van der Waals surface area contributed by atoms with E-state index < -0.39 is 0 Å². The quantitative estimate of drug-likeness (QED) is 0.745. The average molecular weight is 362 g/mol. The summed E-state index contributed by atoms with van der Waals surface area (Å²) in [6, 6.07) is 13.6. The molecule has 0 radical (unpaired) electrons. The Morgan fingerprint density at radius 2 is 1.86 bits per heavy atom. The van der Waals surface area contributed by atoms with Gasteiger partial charge < -0.3 is 10.1 Å². The predicted molar refractivity (Wildman–Crippen MR) is 93.4 cm³/mol. The van der Waals surface area contributed by atoms with Crippen LogP contribution < -0.4 is 10.1 Å². The molecule has 2 aromatic rings. The Kier molecular flexibility index (Phi) is 6.01. The SMILES string of the molecule is Cc1cccc(OCCCC(=O)Nc2ccc(Br)cc2)c1C. The van der Waals surface area contributed by atoms with Crippen LogP contribution in [0, 0.1) is 13.8 Å². The zero-order chi connectivity index (χ0) is 15.9. The van der Waals surface area contributed by atoms with Gasteiger partial charge in [-0.3, -0.25) is 4.79 Å². The lowest BCUT2D eigenvalue weighted by Crippen LogP contribution is -2.12. The van der Waals surface area contributed by atoms with Crippen LogP contribution >= 0.6 is 15.9 Å². The fraction of sp³-hybridized carbons (Fsp3) is 0.278. The van der Waals surface area contributed by atoms with Crippen molar-refractivity contribution in [3.8, 4) is 5.75 Å². The van der Waals surface area contributed by atoms with Crippen LogP contribution in [0.5, 0.6) is 5.75 Å². The number of nitrogens with one attached hydrogen (secondary N) is 1. The summed E-state index contributed by atoms with van der Waals surface area (Å²) in [5.74, 6) is 0.903. The molecule has 0 aromatic heterocycles. The number of anilines is 1. The Morgan fingerprint density at radius 1 is 1.14 bits per heavy atom. The second-order valence-electron chi connectivity index (χ2n) is 5.21. The van der Waals surface area contributed by atoms with Crippen molar-refractivity contribution < 1.29 is 9.53 Å². The standard InChI is InChI=1S/C18H20BrNO2/c1-13-5-3-6-17(14(13)2)22-12-4-7-18(21)20-16-10-8-15(19)9-11-16/h3,5-6,8-11H,4,7,12H2,1-2H3,(H,20,21). The van der Waals surface area contributed by atoms with E-state index in [1.807, 2.05) is 43.3 Å². The Labute approximate surface area is 139 Å². The third-order valence-corrected chi connectivity index (χ3v) is 4.02. The minimum Gasteiger partial charge on any atom is -0.493 e. The molecular formula is C18H20BrNO2. The molecule has 0 heterocycles. The maximum absolute atomic E-state index is 11.9. The maximum Gasteiger partial charge on any atom is 0.224 e. The van der Waals surface area contributed by atoms with E-state index in [1.54, 1.807) is 0 Å². The van der Waals surface area contributed by atoms with Gasteiger partial charge in [0.25, 0.3) is 0 Å². The van der Waals surface area contributed by atoms with E-state index >= 15 is 0 Å². The van der Waals surface area contributed by atoms with E-state index in [0.29, 0.717) is 19.4 Å². The molecule has 0 aliphatic rings. The zero-order valence-corrected chi connectivity index (χ0v) is 14.4. The van der Waals surface area contributed by atoms with E-state index in [-0.39, 0.29) is 5.91 Å². The van der Waals surface area contributed by atoms with Crippen LogP contribution in [0.1, 0.15) is 24.0 Å². The van der Waals surface area contributed by atoms with Gasteiger partial charge >= 0.3 is 0 Å². The number of hydrogen-bond donors (Lipinski definition) is 1. The van der Waals surface area contributed by atoms with Crippen LogP contribution in [0.2, 0.25) is 0 Å². The fourth-order valence-electron chi connectivity index (χ4n) is 2.05. The molecule has 2 rings (SSSR count). The smallest absolute Gasteiger partial charge is 0.224 e. The fourth-order valence-corrected chi connectivity index (χ4v) is 2.32. The summed E-state index contributed by atoms with van der Waals surface area (Å²) in [6.45, 7) is 4.65. The van der Waals surface area contributed by atoms with Gasteiger partial charge in [-0.1, -0.05) is 28.1 Å². The van der Waals surface area contributed by atoms with Crippen molar-refractivity contribution in [1.29, 1.82) is 0 Å². The highest BCUT2D eigenvalue weighted by molar-refractivity contribution is 9.10. The normalized spacial score (nSPS) is 10.3. The van der Waals surface area contributed by atoms with Gasteiger partial charge in [-0.15, -0.1) is 0 Å². The first-order chi connectivity index (χ1) is 10.6. The lowest BCUT2D eigenvalue weighted by Gasteiger charge is -2.11. The Balaban J connectivity index is 1.73. The average Bonchev–Trinajstić information content (AvgIpc) is 2.50. The van der Waals surface area contributed by atoms with E-state index in [4.69, 9.17) is 4.74 Å². The summed E-state index contributed by atoms with van der Waals surface area (Å²) >= 11 is 3.37. The Morgan fingerprint density at radius 3 is 2.59 bits per heavy atom. The highest BCUT2D eigenvalue weighted by Gasteiger charge is 2.04. The number of aryl methyl sites for hydroxylation is 1. The molecule has 4 heteroatoms. The first kappa shape index (κ1) is 16.6. The number of rotatable bonds is 6. The van der Waals surface area contributed by atoms with Crippen molar-refractivity contribution in [2.45, 2.75) is 26.7 Å². The first-order valence-corrected chi connectivity index (χ1v) is 8.10. The summed E-state index contributed by atoms with van der Waals surface area (Å²) < 4.78 is 6.74. The second-order valence-corrected chi connectivity index (χ2v) is 6.12. The largest absolute Gasteiger partial charge is 0.493 e. The second kappa shape index (κ2) is 7.99. The van der Waals surface area contributed by atoms with Crippen LogP contribution in [0.4, 0.5) is 5.69 Å². The molecule has 0 aliphatic heterocycles. The number of carbonyl (C=O) groups is 1. The van der Waals surface area contributed by atoms with Crippen LogP contribution in [0.25, 0.3) is 0 Å². The van der Waals surface area contributed by atoms with Gasteiger partial charge in [0.2, 0.25) is 5.91 Å². The molecule has 0 bridgehead atoms. The molecule has 0 saturated carbocycles. The molecule has 116 valence electrons. The third-order valence-electron chi connectivity index (χ3n) is 3.49. The van der Waals surface area contributed by atoms with Crippen LogP contribution in [-0.2, 0) is 4.79 Å². The highest BCUT2D eigenvalue weighted by Crippen LogP contribution is 2.20. The molecular weight excluding hydrogens is 342 g/mol. The highest BCUT2D eigenvalue weighted by atomic mass is 79.9. The summed E-state index contributed by atoms with van der Waals surface area (Å²) in [7, 11) is 0. The van der Waals surface area contributed by atoms with Crippen molar-refractivity contribution in [2.24, 2.45) is 0 Å². The Hall–Kier alpha value is -1.81. The first-order valence-electron chi connectivity index (χ1n) is 7.30. The predicted octanol–water partition coefficient (Wildman–Crippen LogP) is 4.86. The van der Waals surface area contributed by atoms with Crippen molar-refractivity contribution >= 4 is 27.5 Å². The van der Waals surface area contributed by atoms with Crippen molar-refractivity contribution in [2.75, 3.05) is 11.9 Å². The van der Waals surface area contributed by atoms with Crippen LogP contribution in [0.3, 0.4) is 0 Å². The Bertz CT molecular complexity index is 638. The van der Waals surface area contributed by atoms with E-state index in [9.17, 15) is 4.79 Å². The third kappa shape index (κ3) is 4.88. The molecule has 2 aromatic carbocycles. The van der Waals surface area contributed by atoms with Gasteiger partial charge in [0.1, 0.15) is 5.75 Å². The summed E-state index contributed by atoms with van der Waals surface area (Å²) in [5.41, 5.74) is 3.18. The lowest BCUT2D eigenvalue weighted by molar-refractivity contribution is -0.116. The molecule has 0 unspecified atom stereocenters. The molecule has 0 saturated heterocycles. The number of hydrogen-bond acceptors (Lipinski definition) is 2. The van der Waals surface area contributed by atoms with Gasteiger partial charge in [0.05, 0.1) is 6.61 Å². The summed E-state index contributed by atoms with van der Waals surface area (Å²) in [5, 5.41) is 2.87. The molecule has 1 N–H and O–H groups in total. The topological polar surface area (TPSA) is 38.3 Å². The molecule has 22 heavy (non-hydrogen) atoms. The molecule has 0 fully saturated rings. The maximum atomic E-state index is 11.9. The number of carbonyl (C=O) groups excluding carboxylic acids is 1. The zero-order valence-electron chi connectivity index (χ0n) is 12.9. The molecule has 0 spiro atoms. The molecule has 1 amide bonds. The lowest BCUT2D eigenvalue weighted by atomic mass is 10.1. The summed E-state index contributed by atoms with van der Waals surface area (Å²) in [6.07, 6.45) is 1.14. The number of benzene rings is 2. The van der Waals surface area contributed by atoms with E-state index in [1.165, 1.54) is 5.56 Å². The van der Waals surface area contributed by atoms with Crippen LogP contribution in [-0.4, -0.2) is 12.5 Å². The van der Waals surface area contributed by atoms with Crippen molar-refractivity contribution in [3.05, 3.63) is 58.1 Å². The van der Waals surface area contributed by atoms with Crippen molar-refractivity contribution in [1.82, 2.24) is 0 Å². The molecule has 0 aliphatic carbocycles. The number of ether oxygens (including phenoxy) is 1. The summed E-state index contributed by atoms with van der Waals surface area (Å²) in [4.78, 5) is 11.9. The minimum atomic E-state index is 0.00638. The van der Waals surface area contributed by atoms with Crippen molar-refractivity contribution in [3.63, 3.8) is 0 Å². The van der Waals surface area contributed by atoms with Gasteiger partial charge in [-0.05, 0) is 61.7 Å². The number of amides is 1. The van der Waals surface area contributed by atoms with E-state index in [2.05, 4.69) is 34.2 Å². The van der Waals surface area contributed by atoms with E-state index in [0.717, 1.165) is 21.5 Å². The van der Waals surface area contributed by atoms with Gasteiger partial charge in [-0.25, -0.2) is 0 Å². The molecule has 3 nitrogen and oxygen atoms in total. The van der Waals surface area contributed by atoms with Crippen LogP contribution in [0.15, 0.2) is 46.9 Å². The van der Waals surface area contributed by atoms with Gasteiger partial charge in [-0.2, -0.15) is 0 Å². The number of halogens is 1. The van der Waals surface area contributed by atoms with Gasteiger partial charge in [0.15, 0.2) is 0 Å². The van der Waals surface area contributed by atoms with Gasteiger partial charge in [0, 0.05) is 16.6 Å². The minimum absolute atomic E-state index is 0.00638. The molecule has 0 atom stereocenters.